The molecule has 6 aromatic rings. The van der Waals surface area contributed by atoms with Crippen LogP contribution in [0, 0.1) is 0 Å². The molecule has 0 bridgehead atoms. The fourth-order valence-electron chi connectivity index (χ4n) is 8.31. The second-order valence-electron chi connectivity index (χ2n) is 19.3. The minimum Gasteiger partial charge on any atom is -0.389 e. The van der Waals surface area contributed by atoms with E-state index in [-0.39, 0.29) is 31.6 Å². The number of aromatic nitrogens is 10. The second-order valence-corrected chi connectivity index (χ2v) is 27.3. The summed E-state index contributed by atoms with van der Waals surface area (Å²) in [7, 11) is -16.3. The van der Waals surface area contributed by atoms with Gasteiger partial charge in [-0.1, -0.05) is 90.5 Å². The topological polar surface area (TPSA) is 466 Å². The highest BCUT2D eigenvalue weighted by molar-refractivity contribution is 7.70. The number of hydrogen-bond donors (Lipinski definition) is 10. The summed E-state index contributed by atoms with van der Waals surface area (Å²) in [4.78, 5) is 91.7. The zero-order chi connectivity index (χ0) is 61.3. The van der Waals surface area contributed by atoms with Gasteiger partial charge >= 0.3 is 41.8 Å². The molecule has 38 heteroatoms. The maximum Gasteiger partial charge on any atom is 0.340 e. The normalized spacial score (nSPS) is 22.5. The largest absolute Gasteiger partial charge is 0.389 e. The molecule has 85 heavy (non-hydrogen) atoms. The van der Waals surface area contributed by atoms with Gasteiger partial charge in [-0.25, -0.2) is 9.59 Å². The average Bonchev–Trinajstić information content (AvgIpc) is 2.45. The van der Waals surface area contributed by atoms with Crippen LogP contribution in [-0.2, 0) is 86.9 Å². The molecule has 2 saturated heterocycles. The average molecular weight is 1280 g/mol. The number of hydrogen-bond acceptors (Lipinski definition) is 22. The SMILES string of the molecule is C.CCCn1cc(-c2ccc(CO/N=c3/ccn([C@@H]4O[C@H](COP(=O)(O)CP(=O)(O)O)[C@H](O)C4O)c(=O)n3C)cc2)nn1.CCCn1cc(-c2ccc(CO/N=c3/ccn([C@@H]4O[C@H](COP(=O)(O)CP(=O)(O)O)[C@H](O)C4O)c(=O)n3C)cc2)nn1. The summed E-state index contributed by atoms with van der Waals surface area (Å²) in [6, 6.07) is 17.8. The van der Waals surface area contributed by atoms with Gasteiger partial charge in [0.2, 0.25) is 0 Å². The highest BCUT2D eigenvalue weighted by Gasteiger charge is 2.47. The zero-order valence-electron chi connectivity index (χ0n) is 45.3. The van der Waals surface area contributed by atoms with Gasteiger partial charge in [0, 0.05) is 62.8 Å². The summed E-state index contributed by atoms with van der Waals surface area (Å²) >= 11 is 0. The first kappa shape index (κ1) is 68.2. The van der Waals surface area contributed by atoms with Crippen molar-refractivity contribution in [2.24, 2.45) is 24.4 Å². The van der Waals surface area contributed by atoms with Gasteiger partial charge in [0.25, 0.3) is 0 Å². The molecular weight excluding hydrogens is 1210 g/mol. The summed E-state index contributed by atoms with van der Waals surface area (Å²) < 4.78 is 73.9. The third-order valence-corrected chi connectivity index (χ3v) is 19.5. The van der Waals surface area contributed by atoms with Gasteiger partial charge in [-0.05, 0) is 24.0 Å². The van der Waals surface area contributed by atoms with Gasteiger partial charge in [0.05, 0.1) is 25.6 Å². The minimum atomic E-state index is -4.86. The Kier molecular flexibility index (Phi) is 23.4. The number of rotatable bonds is 24. The molecule has 0 saturated carbocycles. The van der Waals surface area contributed by atoms with Gasteiger partial charge in [-0.2, -0.15) is 0 Å². The van der Waals surface area contributed by atoms with Gasteiger partial charge in [-0.3, -0.25) is 45.9 Å². The lowest BCUT2D eigenvalue weighted by Crippen LogP contribution is -2.42. The molecule has 2 fully saturated rings. The summed E-state index contributed by atoms with van der Waals surface area (Å²) in [5.74, 6) is -2.85. The Bertz CT molecular complexity index is 3440. The Morgan fingerprint density at radius 1 is 0.553 bits per heavy atom. The first-order valence-corrected chi connectivity index (χ1v) is 32.6. The molecule has 0 amide bonds. The van der Waals surface area contributed by atoms with Crippen LogP contribution in [0.1, 0.15) is 57.7 Å². The van der Waals surface area contributed by atoms with Crippen LogP contribution in [0.15, 0.2) is 105 Å². The van der Waals surface area contributed by atoms with E-state index in [0.29, 0.717) is 0 Å². The first-order chi connectivity index (χ1) is 39.6. The number of aliphatic hydroxyl groups excluding tert-OH is 4. The molecule has 2 aromatic carbocycles. The molecule has 10 N–H and O–H groups in total. The summed E-state index contributed by atoms with van der Waals surface area (Å²) in [6.07, 6.45) is -3.89. The molecule has 6 heterocycles. The van der Waals surface area contributed by atoms with Gasteiger partial charge in [0.1, 0.15) is 61.2 Å². The standard InChI is InChI=1S/2C23H32N6O11P2.CH4/c2*1-3-9-28-11-17(24-26-28)16-6-4-15(5-7-16)12-38-25-19-8-10-29(23(32)27(19)2)22-21(31)20(30)18(40-22)13-39-42(36,37)14-41(33,34)35;/h2*4-8,10-11,18,20-22,30-31H,3,9,12-14H2,1-2H3,(H,36,37)(H2,33,34,35);1H4/b2*25-19-;/t2*18-,20+,21?,22-;/m11./s1. The van der Waals surface area contributed by atoms with E-state index in [0.717, 1.165) is 77.8 Å². The Hall–Kier alpha value is -5.96. The van der Waals surface area contributed by atoms with Crippen molar-refractivity contribution in [3.05, 3.63) is 129 Å². The Morgan fingerprint density at radius 2 is 0.906 bits per heavy atom. The molecule has 34 nitrogen and oxygen atoms in total. The molecule has 4 unspecified atom stereocenters. The van der Waals surface area contributed by atoms with Crippen LogP contribution in [0.3, 0.4) is 0 Å². The molecule has 8 rings (SSSR count). The lowest BCUT2D eigenvalue weighted by Gasteiger charge is -2.19. The van der Waals surface area contributed by atoms with E-state index < -0.39 is 116 Å². The molecule has 0 radical (unpaired) electrons. The van der Waals surface area contributed by atoms with Crippen molar-refractivity contribution >= 4 is 30.4 Å². The van der Waals surface area contributed by atoms with E-state index in [1.54, 1.807) is 9.36 Å². The van der Waals surface area contributed by atoms with Crippen LogP contribution in [0.4, 0.5) is 0 Å². The van der Waals surface area contributed by atoms with E-state index in [2.05, 4.69) is 53.8 Å². The minimum absolute atomic E-state index is 0. The summed E-state index contributed by atoms with van der Waals surface area (Å²) in [5.41, 5.74) is 3.85. The number of aliphatic hydroxyl groups is 4. The smallest absolute Gasteiger partial charge is 0.340 e. The van der Waals surface area contributed by atoms with Crippen LogP contribution < -0.4 is 22.4 Å². The van der Waals surface area contributed by atoms with Crippen molar-refractivity contribution in [2.45, 2.75) is 109 Å². The predicted octanol–water partition coefficient (Wildman–Crippen LogP) is 0.325. The molecule has 0 spiro atoms. The van der Waals surface area contributed by atoms with Crippen LogP contribution in [0.2, 0.25) is 0 Å². The first-order valence-electron chi connectivity index (χ1n) is 25.5. The van der Waals surface area contributed by atoms with Gasteiger partial charge in [0.15, 0.2) is 35.2 Å². The predicted molar refractivity (Wildman–Crippen MR) is 296 cm³/mol. The zero-order valence-corrected chi connectivity index (χ0v) is 48.9. The van der Waals surface area contributed by atoms with E-state index in [4.69, 9.17) is 38.7 Å². The van der Waals surface area contributed by atoms with Crippen molar-refractivity contribution < 1.29 is 96.2 Å². The fourth-order valence-corrected chi connectivity index (χ4v) is 13.4. The number of benzene rings is 2. The fraction of sp³-hybridized carbons (Fsp3) is 0.489. The van der Waals surface area contributed by atoms with Crippen LogP contribution >= 0.6 is 30.4 Å². The highest BCUT2D eigenvalue weighted by atomic mass is 31.2. The third-order valence-electron chi connectivity index (χ3n) is 12.6. The lowest BCUT2D eigenvalue weighted by atomic mass is 10.1. The molecule has 2 aliphatic heterocycles. The number of aryl methyl sites for hydroxylation is 2. The van der Waals surface area contributed by atoms with Gasteiger partial charge in [-0.15, -0.1) is 10.2 Å². The van der Waals surface area contributed by atoms with Crippen molar-refractivity contribution in [3.8, 4) is 22.5 Å². The molecule has 2 aliphatic rings. The molecular formula is C47H68N12O22P4. The lowest BCUT2D eigenvalue weighted by molar-refractivity contribution is -0.0530. The van der Waals surface area contributed by atoms with Crippen molar-refractivity contribution in [1.82, 2.24) is 48.3 Å². The molecule has 468 valence electrons. The quantitative estimate of drug-likeness (QED) is 0.0288. The van der Waals surface area contributed by atoms with Crippen LogP contribution in [-0.4, -0.2) is 160 Å². The molecule has 10 atom stereocenters. The van der Waals surface area contributed by atoms with Crippen LogP contribution in [0.25, 0.3) is 22.5 Å². The van der Waals surface area contributed by atoms with Gasteiger partial charge < -0.3 is 78.0 Å². The Labute approximate surface area is 483 Å². The van der Waals surface area contributed by atoms with E-state index in [1.807, 2.05) is 60.9 Å². The van der Waals surface area contributed by atoms with Crippen molar-refractivity contribution in [3.63, 3.8) is 0 Å². The van der Waals surface area contributed by atoms with E-state index in [1.165, 1.54) is 38.6 Å². The van der Waals surface area contributed by atoms with E-state index in [9.17, 15) is 58.1 Å². The van der Waals surface area contributed by atoms with Crippen LogP contribution in [0.5, 0.6) is 0 Å². The number of nitrogens with zero attached hydrogens (tertiary/aromatic N) is 12. The summed E-state index contributed by atoms with van der Waals surface area (Å²) in [5, 5.41) is 66.0. The monoisotopic (exact) mass is 1280 g/mol. The maximum absolute atomic E-state index is 13.0. The maximum atomic E-state index is 13.0. The Balaban J connectivity index is 0.000000269. The second kappa shape index (κ2) is 29.2. The van der Waals surface area contributed by atoms with Crippen molar-refractivity contribution in [2.75, 3.05) is 25.0 Å². The van der Waals surface area contributed by atoms with Crippen molar-refractivity contribution in [1.29, 1.82) is 0 Å². The third kappa shape index (κ3) is 18.5. The number of ether oxygens (including phenoxy) is 2. The summed E-state index contributed by atoms with van der Waals surface area (Å²) in [6.45, 7) is 4.36. The molecule has 0 aliphatic carbocycles. The van der Waals surface area contributed by atoms with E-state index >= 15 is 0 Å². The Morgan fingerprint density at radius 3 is 1.24 bits per heavy atom. The molecule has 4 aromatic heterocycles. The highest BCUT2D eigenvalue weighted by Crippen LogP contribution is 2.56.